The van der Waals surface area contributed by atoms with E-state index in [1.54, 1.807) is 0 Å². The largest absolute Gasteiger partial charge is 3.00 e. The van der Waals surface area contributed by atoms with Gasteiger partial charge in [-0.15, -0.1) is 0 Å². The molecule has 0 radical (unpaired) electrons. The summed E-state index contributed by atoms with van der Waals surface area (Å²) in [6.07, 6.45) is 0. The van der Waals surface area contributed by atoms with Crippen molar-refractivity contribution < 1.29 is 60.2 Å². The van der Waals surface area contributed by atoms with Crippen molar-refractivity contribution in [2.24, 2.45) is 57.3 Å². The van der Waals surface area contributed by atoms with Crippen molar-refractivity contribution in [2.75, 3.05) is 275 Å². The van der Waals surface area contributed by atoms with E-state index in [4.69, 9.17) is 57.3 Å². The molecule has 37 heteroatoms. The number of hydrogen-bond donors (Lipinski definition) is 28. The Kier molecular flexibility index (Phi) is 57.1. The molecular formula is C48H122Co3N30O4+9. The van der Waals surface area contributed by atoms with Gasteiger partial charge in [0.05, 0.1) is 61.4 Å². The topological polar surface area (TPSA) is 563 Å². The molecule has 9 fully saturated rings. The van der Waals surface area contributed by atoms with Crippen molar-refractivity contribution in [3.8, 4) is 0 Å². The van der Waals surface area contributed by atoms with Gasteiger partial charge >= 0.3 is 50.3 Å². The van der Waals surface area contributed by atoms with E-state index in [1.807, 2.05) is 0 Å². The van der Waals surface area contributed by atoms with E-state index in [9.17, 15) is 20.2 Å². The Labute approximate surface area is 538 Å². The smallest absolute Gasteiger partial charge is 0.329 e. The molecule has 0 aliphatic carbocycles. The minimum Gasteiger partial charge on any atom is -0.329 e. The number of fused-ring (bicyclic) bond motifs is 45. The van der Waals surface area contributed by atoms with E-state index in [-0.39, 0.29) is 122 Å². The van der Waals surface area contributed by atoms with E-state index < -0.39 is 11.1 Å². The second kappa shape index (κ2) is 54.9. The van der Waals surface area contributed by atoms with Gasteiger partial charge in [-0.05, 0) is 0 Å². The third kappa shape index (κ3) is 42.8. The van der Waals surface area contributed by atoms with Gasteiger partial charge in [-0.1, -0.05) is 0 Å². The molecule has 0 aromatic rings. The number of hydrogen-bond acceptors (Lipinski definition) is 32. The monoisotopic (exact) mass is 1360 g/mol. The van der Waals surface area contributed by atoms with Crippen LogP contribution in [0.1, 0.15) is 0 Å². The van der Waals surface area contributed by atoms with Gasteiger partial charge in [-0.25, -0.2) is 0 Å². The van der Waals surface area contributed by atoms with Crippen LogP contribution in [0.2, 0.25) is 0 Å². The summed E-state index contributed by atoms with van der Waals surface area (Å²) in [5.74, 6) is 0. The molecule has 9 rings (SSSR count). The van der Waals surface area contributed by atoms with Gasteiger partial charge in [0.2, 0.25) is 0 Å². The van der Waals surface area contributed by atoms with Crippen LogP contribution in [0.3, 0.4) is 0 Å². The first-order valence-corrected chi connectivity index (χ1v) is 29.9. The first-order valence-electron chi connectivity index (χ1n) is 29.9. The van der Waals surface area contributed by atoms with E-state index in [0.29, 0.717) is 78.5 Å². The molecule has 0 atom stereocenters. The SMILES string of the molecule is NC12CNCCNCC(N)(CNCCNC1)CNCCNC2.NC12CNCCNCC(N)(CNCCNC1)CNCCNC2.NCCN.NCCN.NCCN.O=[N+]([O-])C12CNCCNCC([N+](=O)[O-])(CNCCNC1)CNCCNC2.[Co+3].[Co+3].[Co+3]. The Bertz CT molecular complexity index is 1250. The van der Waals surface area contributed by atoms with Crippen molar-refractivity contribution in [2.45, 2.75) is 33.2 Å². The van der Waals surface area contributed by atoms with Gasteiger partial charge in [0, 0.05) is 245 Å². The average Bonchev–Trinajstić information content (AvgIpc) is 3.51. The van der Waals surface area contributed by atoms with E-state index in [0.717, 1.165) is 157 Å². The second-order valence-electron chi connectivity index (χ2n) is 22.3. The number of nitro groups is 2. The Morgan fingerprint density at radius 1 is 0.235 bits per heavy atom. The summed E-state index contributed by atoms with van der Waals surface area (Å²) in [5, 5.41) is 83.9. The van der Waals surface area contributed by atoms with Crippen molar-refractivity contribution in [3.05, 3.63) is 20.2 Å². The van der Waals surface area contributed by atoms with E-state index in [1.165, 1.54) is 0 Å². The first-order chi connectivity index (χ1) is 39.5. The molecule has 6 bridgehead atoms. The first kappa shape index (κ1) is 88.4. The standard InChI is InChI=1S/C14H30N8O4.2C14H34N8.3C2H8N2.3Co/c23-21(24)13-7-15-1-2-16-8-14(22(25)26,11-19-5-3-17-9-13)12-20-6-4-18-10-13;2*15-13-7-17-1-2-18-8-14(16,11-21-5-3-19-9-13)12-22-6-4-20-10-13;3*3-1-2-4;;;/h15-20H,1-12H2;2*17-22H,1-12,15-16H2;3*1-4H2;;;/q;;;;;;3*+3. The zero-order chi connectivity index (χ0) is 60.6. The van der Waals surface area contributed by atoms with Gasteiger partial charge in [-0.2, -0.15) is 0 Å². The fourth-order valence-corrected chi connectivity index (χ4v) is 9.08. The summed E-state index contributed by atoms with van der Waals surface area (Å²) in [6, 6.07) is 0. The summed E-state index contributed by atoms with van der Waals surface area (Å²) in [5.41, 5.74) is 52.3. The molecule has 38 N–H and O–H groups in total. The molecule has 0 unspecified atom stereocenters. The third-order valence-corrected chi connectivity index (χ3v) is 14.0. The Balaban J connectivity index is -0.00000107. The summed E-state index contributed by atoms with van der Waals surface area (Å²) in [6.45, 7) is 28.3. The molecule has 9 aliphatic rings. The second-order valence-corrected chi connectivity index (χ2v) is 22.3. The van der Waals surface area contributed by atoms with Crippen molar-refractivity contribution >= 4 is 0 Å². The van der Waals surface area contributed by atoms with Crippen LogP contribution < -0.4 is 153 Å². The molecule has 9 saturated heterocycles. The van der Waals surface area contributed by atoms with Crippen LogP contribution in [0.4, 0.5) is 0 Å². The predicted molar refractivity (Wildman–Crippen MR) is 333 cm³/mol. The number of nitrogens with two attached hydrogens (primary N) is 10. The van der Waals surface area contributed by atoms with E-state index >= 15 is 0 Å². The molecule has 85 heavy (non-hydrogen) atoms. The third-order valence-electron chi connectivity index (χ3n) is 14.0. The zero-order valence-corrected chi connectivity index (χ0v) is 54.1. The van der Waals surface area contributed by atoms with Gasteiger partial charge in [-0.3, -0.25) is 20.2 Å². The number of rotatable bonds is 5. The predicted octanol–water partition coefficient (Wildman–Crippen LogP) is -14.8. The van der Waals surface area contributed by atoms with Crippen LogP contribution in [-0.4, -0.2) is 318 Å². The quantitative estimate of drug-likeness (QED) is 0.0898. The molecule has 34 nitrogen and oxygen atoms in total. The molecule has 9 aliphatic heterocycles. The molecule has 0 aromatic heterocycles. The maximum absolute atomic E-state index is 11.8. The zero-order valence-electron chi connectivity index (χ0n) is 51.0. The Morgan fingerprint density at radius 3 is 0.412 bits per heavy atom. The minimum atomic E-state index is -1.14. The maximum atomic E-state index is 11.8. The van der Waals surface area contributed by atoms with Crippen LogP contribution >= 0.6 is 0 Å². The minimum absolute atomic E-state index is 0. The Morgan fingerprint density at radius 2 is 0.329 bits per heavy atom. The Hall–Kier alpha value is -0.801. The summed E-state index contributed by atoms with van der Waals surface area (Å²) in [4.78, 5) is 23.1. The van der Waals surface area contributed by atoms with Gasteiger partial charge in [0.15, 0.2) is 0 Å². The molecule has 9 heterocycles. The maximum Gasteiger partial charge on any atom is 3.00 e. The van der Waals surface area contributed by atoms with Gasteiger partial charge in [0.1, 0.15) is 0 Å². The van der Waals surface area contributed by atoms with Gasteiger partial charge in [0.25, 0.3) is 11.1 Å². The van der Waals surface area contributed by atoms with Crippen LogP contribution in [0.5, 0.6) is 0 Å². The van der Waals surface area contributed by atoms with Crippen molar-refractivity contribution in [1.29, 1.82) is 0 Å². The van der Waals surface area contributed by atoms with Crippen LogP contribution in [0.25, 0.3) is 0 Å². The van der Waals surface area contributed by atoms with Crippen molar-refractivity contribution in [1.82, 2.24) is 95.7 Å². The summed E-state index contributed by atoms with van der Waals surface area (Å²) in [7, 11) is 0. The van der Waals surface area contributed by atoms with Gasteiger partial charge < -0.3 is 153 Å². The van der Waals surface area contributed by atoms with Crippen molar-refractivity contribution in [3.63, 3.8) is 0 Å². The summed E-state index contributed by atoms with van der Waals surface area (Å²) < 4.78 is 0. The number of nitrogens with zero attached hydrogens (tertiary/aromatic N) is 2. The van der Waals surface area contributed by atoms with Crippen LogP contribution in [-0.2, 0) is 50.3 Å². The molecule has 0 amide bonds. The average molecular weight is 1360 g/mol. The normalized spacial score (nSPS) is 30.5. The number of nitrogens with one attached hydrogen (secondary N) is 18. The molecular weight excluding hydrogens is 1240 g/mol. The van der Waals surface area contributed by atoms with E-state index in [2.05, 4.69) is 95.7 Å². The molecule has 0 aromatic carbocycles. The molecule has 506 valence electrons. The summed E-state index contributed by atoms with van der Waals surface area (Å²) >= 11 is 0. The van der Waals surface area contributed by atoms with Crippen LogP contribution in [0.15, 0.2) is 0 Å². The fourth-order valence-electron chi connectivity index (χ4n) is 9.08. The molecule has 0 spiro atoms. The fraction of sp³-hybridized carbons (Fsp3) is 1.00. The molecule has 0 saturated carbocycles. The van der Waals surface area contributed by atoms with Crippen LogP contribution in [0, 0.1) is 20.2 Å².